The molecule has 1 aromatic carbocycles. The number of hydrogen-bond donors (Lipinski definition) is 0. The van der Waals surface area contributed by atoms with Gasteiger partial charge >= 0.3 is 0 Å². The fourth-order valence-corrected chi connectivity index (χ4v) is 4.08. The Hall–Kier alpha value is -2.25. The second kappa shape index (κ2) is 7.55. The second-order valence-electron chi connectivity index (χ2n) is 6.48. The number of piperazine rings is 1. The summed E-state index contributed by atoms with van der Waals surface area (Å²) in [7, 11) is 0. The highest BCUT2D eigenvalue weighted by Gasteiger charge is 2.26. The number of benzene rings is 1. The van der Waals surface area contributed by atoms with E-state index in [1.807, 2.05) is 13.0 Å². The van der Waals surface area contributed by atoms with Crippen LogP contribution in [0.5, 0.6) is 0 Å². The fourth-order valence-electron chi connectivity index (χ4n) is 3.19. The van der Waals surface area contributed by atoms with Gasteiger partial charge in [0.15, 0.2) is 11.0 Å². The number of rotatable bonds is 5. The van der Waals surface area contributed by atoms with Gasteiger partial charge in [-0.3, -0.25) is 4.90 Å². The maximum atomic E-state index is 5.41. The molecule has 0 spiro atoms. The first-order valence-corrected chi connectivity index (χ1v) is 9.95. The quantitative estimate of drug-likeness (QED) is 0.684. The molecule has 2 aromatic heterocycles. The average molecular weight is 369 g/mol. The Morgan fingerprint density at radius 2 is 1.88 bits per heavy atom. The van der Waals surface area contributed by atoms with E-state index in [0.717, 1.165) is 55.1 Å². The van der Waals surface area contributed by atoms with Gasteiger partial charge in [0.25, 0.3) is 0 Å². The first kappa shape index (κ1) is 17.2. The lowest BCUT2D eigenvalue weighted by atomic mass is 10.2. The van der Waals surface area contributed by atoms with Crippen LogP contribution in [-0.4, -0.2) is 46.2 Å². The summed E-state index contributed by atoms with van der Waals surface area (Å²) in [5.41, 5.74) is 2.23. The standard InChI is InChI=1S/C19H23N5OS/c1-3-17-21-18(25-22-17)14(2)23-9-11-24(12-10-23)19-20-16(13-26-19)15-7-5-4-6-8-15/h4-8,13-14H,3,9-12H2,1-2H3. The van der Waals surface area contributed by atoms with Crippen LogP contribution in [0, 0.1) is 0 Å². The van der Waals surface area contributed by atoms with Crippen LogP contribution in [0.2, 0.25) is 0 Å². The summed E-state index contributed by atoms with van der Waals surface area (Å²) in [6, 6.07) is 10.5. The van der Waals surface area contributed by atoms with E-state index < -0.39 is 0 Å². The van der Waals surface area contributed by atoms with Crippen molar-refractivity contribution < 1.29 is 4.52 Å². The van der Waals surface area contributed by atoms with Crippen LogP contribution in [0.4, 0.5) is 5.13 Å². The van der Waals surface area contributed by atoms with Crippen LogP contribution in [-0.2, 0) is 6.42 Å². The van der Waals surface area contributed by atoms with Gasteiger partial charge in [0.05, 0.1) is 11.7 Å². The van der Waals surface area contributed by atoms with Gasteiger partial charge in [0.1, 0.15) is 0 Å². The van der Waals surface area contributed by atoms with Crippen molar-refractivity contribution in [1.82, 2.24) is 20.0 Å². The van der Waals surface area contributed by atoms with Gasteiger partial charge in [-0.05, 0) is 6.92 Å². The molecule has 3 heterocycles. The van der Waals surface area contributed by atoms with Crippen molar-refractivity contribution in [2.24, 2.45) is 0 Å². The molecule has 1 aliphatic heterocycles. The lowest BCUT2D eigenvalue weighted by molar-refractivity contribution is 0.164. The summed E-state index contributed by atoms with van der Waals surface area (Å²) in [5.74, 6) is 1.50. The molecule has 1 unspecified atom stereocenters. The molecular weight excluding hydrogens is 346 g/mol. The minimum Gasteiger partial charge on any atom is -0.346 e. The van der Waals surface area contributed by atoms with Gasteiger partial charge in [0, 0.05) is 43.5 Å². The first-order chi connectivity index (χ1) is 12.7. The summed E-state index contributed by atoms with van der Waals surface area (Å²) < 4.78 is 5.41. The van der Waals surface area contributed by atoms with E-state index in [0.29, 0.717) is 0 Å². The van der Waals surface area contributed by atoms with E-state index in [2.05, 4.69) is 56.5 Å². The Kier molecular flexibility index (Phi) is 4.99. The summed E-state index contributed by atoms with van der Waals surface area (Å²) in [6.45, 7) is 8.02. The van der Waals surface area contributed by atoms with Crippen LogP contribution in [0.25, 0.3) is 11.3 Å². The topological polar surface area (TPSA) is 58.3 Å². The molecule has 3 aromatic rings. The molecule has 1 atom stereocenters. The molecular formula is C19H23N5OS. The molecule has 0 N–H and O–H groups in total. The van der Waals surface area contributed by atoms with Gasteiger partial charge in [-0.2, -0.15) is 4.98 Å². The maximum absolute atomic E-state index is 5.41. The predicted octanol–water partition coefficient (Wildman–Crippen LogP) is 3.64. The van der Waals surface area contributed by atoms with E-state index in [-0.39, 0.29) is 6.04 Å². The van der Waals surface area contributed by atoms with Gasteiger partial charge in [0.2, 0.25) is 5.89 Å². The highest BCUT2D eigenvalue weighted by atomic mass is 32.1. The smallest absolute Gasteiger partial charge is 0.243 e. The van der Waals surface area contributed by atoms with E-state index in [1.165, 1.54) is 5.56 Å². The third-order valence-corrected chi connectivity index (χ3v) is 5.75. The molecule has 6 nitrogen and oxygen atoms in total. The van der Waals surface area contributed by atoms with Crippen molar-refractivity contribution in [2.45, 2.75) is 26.3 Å². The minimum absolute atomic E-state index is 0.154. The number of aromatic nitrogens is 3. The highest BCUT2D eigenvalue weighted by molar-refractivity contribution is 7.14. The van der Waals surface area contributed by atoms with Crippen LogP contribution in [0.1, 0.15) is 31.6 Å². The van der Waals surface area contributed by atoms with E-state index in [1.54, 1.807) is 11.3 Å². The van der Waals surface area contributed by atoms with Gasteiger partial charge < -0.3 is 9.42 Å². The van der Waals surface area contributed by atoms with Crippen LogP contribution < -0.4 is 4.90 Å². The summed E-state index contributed by atoms with van der Waals surface area (Å²) in [6.07, 6.45) is 0.803. The summed E-state index contributed by atoms with van der Waals surface area (Å²) in [4.78, 5) is 14.1. The SMILES string of the molecule is CCc1noc(C(C)N2CCN(c3nc(-c4ccccc4)cs3)CC2)n1. The van der Waals surface area contributed by atoms with Crippen molar-refractivity contribution in [1.29, 1.82) is 0 Å². The van der Waals surface area contributed by atoms with E-state index in [9.17, 15) is 0 Å². The third kappa shape index (κ3) is 3.50. The lowest BCUT2D eigenvalue weighted by Gasteiger charge is -2.36. The van der Waals surface area contributed by atoms with Crippen molar-refractivity contribution in [3.05, 3.63) is 47.4 Å². The third-order valence-electron chi connectivity index (χ3n) is 4.85. The maximum Gasteiger partial charge on any atom is 0.243 e. The highest BCUT2D eigenvalue weighted by Crippen LogP contribution is 2.29. The molecule has 0 radical (unpaired) electrons. The van der Waals surface area contributed by atoms with Crippen molar-refractivity contribution >= 4 is 16.5 Å². The van der Waals surface area contributed by atoms with Gasteiger partial charge in [-0.25, -0.2) is 4.98 Å². The van der Waals surface area contributed by atoms with Crippen molar-refractivity contribution in [3.8, 4) is 11.3 Å². The molecule has 4 rings (SSSR count). The molecule has 0 bridgehead atoms. The Morgan fingerprint density at radius 1 is 1.12 bits per heavy atom. The zero-order chi connectivity index (χ0) is 17.9. The zero-order valence-electron chi connectivity index (χ0n) is 15.1. The van der Waals surface area contributed by atoms with E-state index >= 15 is 0 Å². The number of hydrogen-bond acceptors (Lipinski definition) is 7. The van der Waals surface area contributed by atoms with Gasteiger partial charge in [-0.15, -0.1) is 11.3 Å². The molecule has 0 saturated carbocycles. The van der Waals surface area contributed by atoms with Crippen molar-refractivity contribution in [2.75, 3.05) is 31.1 Å². The van der Waals surface area contributed by atoms with E-state index in [4.69, 9.17) is 9.51 Å². The number of anilines is 1. The fraction of sp³-hybridized carbons (Fsp3) is 0.421. The molecule has 136 valence electrons. The van der Waals surface area contributed by atoms with Gasteiger partial charge in [-0.1, -0.05) is 42.4 Å². The Morgan fingerprint density at radius 3 is 2.58 bits per heavy atom. The summed E-state index contributed by atoms with van der Waals surface area (Å²) >= 11 is 1.72. The lowest BCUT2D eigenvalue weighted by Crippen LogP contribution is -2.47. The molecule has 0 amide bonds. The molecule has 26 heavy (non-hydrogen) atoms. The molecule has 1 saturated heterocycles. The van der Waals surface area contributed by atoms with Crippen molar-refractivity contribution in [3.63, 3.8) is 0 Å². The largest absolute Gasteiger partial charge is 0.346 e. The normalized spacial score (nSPS) is 16.8. The summed E-state index contributed by atoms with van der Waals surface area (Å²) in [5, 5.41) is 7.26. The van der Waals surface area contributed by atoms with Crippen LogP contribution >= 0.6 is 11.3 Å². The number of thiazole rings is 1. The molecule has 0 aliphatic carbocycles. The first-order valence-electron chi connectivity index (χ1n) is 9.07. The zero-order valence-corrected chi connectivity index (χ0v) is 15.9. The second-order valence-corrected chi connectivity index (χ2v) is 7.32. The number of nitrogens with zero attached hydrogens (tertiary/aromatic N) is 5. The Balaban J connectivity index is 1.38. The van der Waals surface area contributed by atoms with Crippen LogP contribution in [0.15, 0.2) is 40.2 Å². The van der Waals surface area contributed by atoms with Crippen LogP contribution in [0.3, 0.4) is 0 Å². The molecule has 1 aliphatic rings. The Bertz CT molecular complexity index is 839. The molecule has 7 heteroatoms. The Labute approximate surface area is 157 Å². The predicted molar refractivity (Wildman–Crippen MR) is 103 cm³/mol. The molecule has 1 fully saturated rings. The number of aryl methyl sites for hydroxylation is 1. The average Bonchev–Trinajstić information content (AvgIpc) is 3.38. The minimum atomic E-state index is 0.154. The monoisotopic (exact) mass is 369 g/mol.